The highest BCUT2D eigenvalue weighted by molar-refractivity contribution is 8.00. The number of amides is 1. The summed E-state index contributed by atoms with van der Waals surface area (Å²) in [6.07, 6.45) is 0. The van der Waals surface area contributed by atoms with E-state index in [0.29, 0.717) is 18.9 Å². The second-order valence-electron chi connectivity index (χ2n) is 7.42. The van der Waals surface area contributed by atoms with E-state index < -0.39 is 0 Å². The molecule has 1 atom stereocenters. The maximum absolute atomic E-state index is 12.3. The molecule has 1 amide bonds. The molecule has 0 aliphatic heterocycles. The third kappa shape index (κ3) is 6.57. The fraction of sp³-hybridized carbons (Fsp3) is 0.304. The quantitative estimate of drug-likeness (QED) is 0.305. The van der Waals surface area contributed by atoms with Gasteiger partial charge in [0.25, 0.3) is 0 Å². The molecule has 2 aromatic heterocycles. The van der Waals surface area contributed by atoms with Crippen LogP contribution in [0.2, 0.25) is 0 Å². The van der Waals surface area contributed by atoms with Crippen molar-refractivity contribution >= 4 is 51.0 Å². The summed E-state index contributed by atoms with van der Waals surface area (Å²) in [7, 11) is 1.62. The molecule has 2 aromatic carbocycles. The zero-order valence-electron chi connectivity index (χ0n) is 18.4. The number of rotatable bonds is 11. The Bertz CT molecular complexity index is 1160. The van der Waals surface area contributed by atoms with Crippen molar-refractivity contribution in [3.63, 3.8) is 0 Å². The van der Waals surface area contributed by atoms with E-state index in [4.69, 9.17) is 9.72 Å². The number of hydrogen-bond acceptors (Lipinski definition) is 8. The molecule has 1 unspecified atom stereocenters. The minimum atomic E-state index is -0.0517. The van der Waals surface area contributed by atoms with Gasteiger partial charge in [0.15, 0.2) is 9.50 Å². The summed E-state index contributed by atoms with van der Waals surface area (Å²) >= 11 is 4.74. The fourth-order valence-electron chi connectivity index (χ4n) is 3.23. The molecule has 10 heteroatoms. The van der Waals surface area contributed by atoms with Gasteiger partial charge < -0.3 is 14.6 Å². The Morgan fingerprint density at radius 3 is 2.70 bits per heavy atom. The number of nitrogens with zero attached hydrogens (tertiary/aromatic N) is 4. The predicted molar refractivity (Wildman–Crippen MR) is 135 cm³/mol. The van der Waals surface area contributed by atoms with E-state index in [1.807, 2.05) is 43.3 Å². The second-order valence-corrected chi connectivity index (χ2v) is 10.6. The molecule has 0 saturated heterocycles. The zero-order chi connectivity index (χ0) is 23.0. The van der Waals surface area contributed by atoms with Crippen molar-refractivity contribution in [2.24, 2.45) is 0 Å². The highest BCUT2D eigenvalue weighted by Crippen LogP contribution is 2.31. The number of hydrogen-bond donors (Lipinski definition) is 1. The van der Waals surface area contributed by atoms with Crippen molar-refractivity contribution in [2.75, 3.05) is 19.5 Å². The lowest BCUT2D eigenvalue weighted by molar-refractivity contribution is -0.119. The molecule has 0 radical (unpaired) electrons. The number of thiazole rings is 1. The van der Waals surface area contributed by atoms with Crippen molar-refractivity contribution in [3.8, 4) is 0 Å². The number of para-hydroxylation sites is 1. The summed E-state index contributed by atoms with van der Waals surface area (Å²) in [4.78, 5) is 17.0. The van der Waals surface area contributed by atoms with Gasteiger partial charge in [0.1, 0.15) is 5.82 Å². The molecular weight excluding hydrogens is 474 g/mol. The molecule has 2 heterocycles. The van der Waals surface area contributed by atoms with Crippen LogP contribution >= 0.6 is 34.9 Å². The van der Waals surface area contributed by atoms with Crippen LogP contribution in [0.15, 0.2) is 64.1 Å². The third-order valence-corrected chi connectivity index (χ3v) is 7.87. The van der Waals surface area contributed by atoms with E-state index in [-0.39, 0.29) is 17.7 Å². The number of nitrogens with one attached hydrogen (secondary N) is 1. The van der Waals surface area contributed by atoms with E-state index in [0.717, 1.165) is 26.4 Å². The lowest BCUT2D eigenvalue weighted by atomic mass is 10.2. The first-order valence-corrected chi connectivity index (χ1v) is 13.3. The highest BCUT2D eigenvalue weighted by Gasteiger charge is 2.17. The van der Waals surface area contributed by atoms with Crippen molar-refractivity contribution < 1.29 is 9.53 Å². The zero-order valence-corrected chi connectivity index (χ0v) is 20.9. The standard InChI is InChI=1S/C23H25N5O2S3/c1-16(13-30-2)24-21(29)15-31-22-27-26-20(28(22)12-17-8-4-3-5-9-17)14-32-23-25-18-10-6-7-11-19(18)33-23/h3-11,16H,12-15H2,1-2H3,(H,24,29). The van der Waals surface area contributed by atoms with Gasteiger partial charge in [0, 0.05) is 13.2 Å². The highest BCUT2D eigenvalue weighted by atomic mass is 32.2. The topological polar surface area (TPSA) is 81.9 Å². The normalized spacial score (nSPS) is 12.2. The van der Waals surface area contributed by atoms with E-state index in [2.05, 4.69) is 38.3 Å². The van der Waals surface area contributed by atoms with Crippen LogP contribution in [0, 0.1) is 0 Å². The van der Waals surface area contributed by atoms with Crippen LogP contribution in [0.5, 0.6) is 0 Å². The second kappa shape index (κ2) is 11.6. The molecule has 33 heavy (non-hydrogen) atoms. The fourth-order valence-corrected chi connectivity index (χ4v) is 6.01. The number of methoxy groups -OCH3 is 1. The lowest BCUT2D eigenvalue weighted by Gasteiger charge is -2.13. The SMILES string of the molecule is COCC(C)NC(=O)CSc1nnc(CSc2nc3ccccc3s2)n1Cc1ccccc1. The monoisotopic (exact) mass is 499 g/mol. The van der Waals surface area contributed by atoms with Gasteiger partial charge in [0.2, 0.25) is 5.91 Å². The summed E-state index contributed by atoms with van der Waals surface area (Å²) < 4.78 is 9.36. The molecule has 0 fully saturated rings. The van der Waals surface area contributed by atoms with Gasteiger partial charge in [-0.05, 0) is 24.6 Å². The van der Waals surface area contributed by atoms with Crippen LogP contribution in [-0.2, 0) is 21.8 Å². The Kier molecular flexibility index (Phi) is 8.38. The summed E-state index contributed by atoms with van der Waals surface area (Å²) in [5, 5.41) is 12.5. The number of benzene rings is 2. The van der Waals surface area contributed by atoms with Gasteiger partial charge in [-0.15, -0.1) is 21.5 Å². The van der Waals surface area contributed by atoms with E-state index in [1.165, 1.54) is 16.5 Å². The summed E-state index contributed by atoms with van der Waals surface area (Å²) in [6.45, 7) is 3.04. The maximum atomic E-state index is 12.3. The molecule has 4 aromatic rings. The predicted octanol–water partition coefficient (Wildman–Crippen LogP) is 4.47. The number of fused-ring (bicyclic) bond motifs is 1. The molecule has 1 N–H and O–H groups in total. The average molecular weight is 500 g/mol. The Labute approximate surface area is 205 Å². The number of aromatic nitrogens is 4. The minimum Gasteiger partial charge on any atom is -0.383 e. The van der Waals surface area contributed by atoms with E-state index >= 15 is 0 Å². The molecule has 0 saturated carbocycles. The number of carbonyl (C=O) groups is 1. The Balaban J connectivity index is 1.47. The summed E-state index contributed by atoms with van der Waals surface area (Å²) in [5.74, 6) is 1.73. The van der Waals surface area contributed by atoms with Gasteiger partial charge in [-0.25, -0.2) is 4.98 Å². The molecule has 4 rings (SSSR count). The third-order valence-electron chi connectivity index (χ3n) is 4.73. The Morgan fingerprint density at radius 1 is 1.12 bits per heavy atom. The molecule has 172 valence electrons. The Hall–Kier alpha value is -2.40. The van der Waals surface area contributed by atoms with Crippen LogP contribution in [0.4, 0.5) is 0 Å². The summed E-state index contributed by atoms with van der Waals surface area (Å²) in [6, 6.07) is 18.3. The number of thioether (sulfide) groups is 2. The van der Waals surface area contributed by atoms with Crippen LogP contribution in [-0.4, -0.2) is 51.2 Å². The largest absolute Gasteiger partial charge is 0.383 e. The molecule has 7 nitrogen and oxygen atoms in total. The van der Waals surface area contributed by atoms with E-state index in [1.54, 1.807) is 30.2 Å². The number of carbonyl (C=O) groups excluding carboxylic acids is 1. The van der Waals surface area contributed by atoms with Crippen molar-refractivity contribution in [3.05, 3.63) is 66.0 Å². The molecule has 0 aliphatic rings. The average Bonchev–Trinajstić information content (AvgIpc) is 3.40. The van der Waals surface area contributed by atoms with E-state index in [9.17, 15) is 4.79 Å². The molecule has 0 aliphatic carbocycles. The molecule has 0 bridgehead atoms. The minimum absolute atomic E-state index is 0.0361. The van der Waals surface area contributed by atoms with Crippen LogP contribution in [0.3, 0.4) is 0 Å². The first kappa shape index (κ1) is 23.7. The van der Waals surface area contributed by atoms with Gasteiger partial charge >= 0.3 is 0 Å². The summed E-state index contributed by atoms with van der Waals surface area (Å²) in [5.41, 5.74) is 2.17. The first-order chi connectivity index (χ1) is 16.1. The van der Waals surface area contributed by atoms with Crippen molar-refractivity contribution in [2.45, 2.75) is 34.8 Å². The van der Waals surface area contributed by atoms with Gasteiger partial charge in [-0.3, -0.25) is 4.79 Å². The molecule has 0 spiro atoms. The van der Waals surface area contributed by atoms with Crippen molar-refractivity contribution in [1.82, 2.24) is 25.1 Å². The van der Waals surface area contributed by atoms with Gasteiger partial charge in [0.05, 0.1) is 34.9 Å². The smallest absolute Gasteiger partial charge is 0.230 e. The first-order valence-electron chi connectivity index (χ1n) is 10.5. The Morgan fingerprint density at radius 2 is 1.91 bits per heavy atom. The molecular formula is C23H25N5O2S3. The van der Waals surface area contributed by atoms with Gasteiger partial charge in [-0.2, -0.15) is 0 Å². The van der Waals surface area contributed by atoms with Crippen LogP contribution in [0.25, 0.3) is 10.2 Å². The maximum Gasteiger partial charge on any atom is 0.230 e. The van der Waals surface area contributed by atoms with Crippen LogP contribution in [0.1, 0.15) is 18.3 Å². The number of ether oxygens (including phenoxy) is 1. The van der Waals surface area contributed by atoms with Crippen molar-refractivity contribution in [1.29, 1.82) is 0 Å². The lowest BCUT2D eigenvalue weighted by Crippen LogP contribution is -2.36. The van der Waals surface area contributed by atoms with Crippen LogP contribution < -0.4 is 5.32 Å². The van der Waals surface area contributed by atoms with Gasteiger partial charge in [-0.1, -0.05) is 66.0 Å².